The molecule has 0 saturated carbocycles. The maximum absolute atomic E-state index is 12.2. The van der Waals surface area contributed by atoms with E-state index in [2.05, 4.69) is 20.0 Å². The number of hydrogen-bond acceptors (Lipinski definition) is 5. The lowest BCUT2D eigenvalue weighted by atomic mass is 10.1. The zero-order valence-corrected chi connectivity index (χ0v) is 16.1. The zero-order valence-electron chi connectivity index (χ0n) is 15.3. The van der Waals surface area contributed by atoms with Crippen LogP contribution in [0.1, 0.15) is 15.9 Å². The largest absolute Gasteiger partial charge is 0.593 e. The SMILES string of the molecule is Cc1ccc([S+](=O)([O-])NCCNC(=O)c2ccc(-c3cncnc3)cc2)cc1. The molecule has 2 aromatic carbocycles. The molecule has 1 unspecified atom stereocenters. The van der Waals surface area contributed by atoms with Crippen LogP contribution in [0.15, 0.2) is 72.1 Å². The molecule has 0 aliphatic rings. The monoisotopic (exact) mass is 396 g/mol. The van der Waals surface area contributed by atoms with Crippen molar-refractivity contribution in [2.45, 2.75) is 11.8 Å². The van der Waals surface area contributed by atoms with Crippen molar-refractivity contribution in [2.24, 2.45) is 0 Å². The van der Waals surface area contributed by atoms with E-state index in [-0.39, 0.29) is 23.9 Å². The third-order valence-electron chi connectivity index (χ3n) is 4.07. The molecule has 8 heteroatoms. The number of sulfonamides is 1. The van der Waals surface area contributed by atoms with Gasteiger partial charge in [-0.25, -0.2) is 9.97 Å². The quantitative estimate of drug-likeness (QED) is 0.471. The van der Waals surface area contributed by atoms with Gasteiger partial charge in [-0.1, -0.05) is 34.0 Å². The van der Waals surface area contributed by atoms with Crippen LogP contribution in [0.3, 0.4) is 0 Å². The lowest BCUT2D eigenvalue weighted by molar-refractivity contribution is 0.0954. The molecule has 2 N–H and O–H groups in total. The highest BCUT2D eigenvalue weighted by molar-refractivity contribution is 7.95. The number of carbonyl (C=O) groups excluding carboxylic acids is 1. The fourth-order valence-corrected chi connectivity index (χ4v) is 3.56. The van der Waals surface area contributed by atoms with Gasteiger partial charge in [0.2, 0.25) is 0 Å². The van der Waals surface area contributed by atoms with Crippen LogP contribution in [0.4, 0.5) is 0 Å². The molecule has 0 saturated heterocycles. The van der Waals surface area contributed by atoms with Gasteiger partial charge >= 0.3 is 0 Å². The van der Waals surface area contributed by atoms with Crippen LogP contribution in [-0.4, -0.2) is 33.5 Å². The minimum absolute atomic E-state index is 0.0986. The molecule has 0 bridgehead atoms. The predicted molar refractivity (Wildman–Crippen MR) is 106 cm³/mol. The van der Waals surface area contributed by atoms with Gasteiger partial charge in [-0.05, 0) is 36.8 Å². The van der Waals surface area contributed by atoms with E-state index in [4.69, 9.17) is 0 Å². The van der Waals surface area contributed by atoms with Crippen LogP contribution in [0.25, 0.3) is 11.1 Å². The number of carbonyl (C=O) groups is 1. The van der Waals surface area contributed by atoms with Crippen LogP contribution in [0.2, 0.25) is 0 Å². The number of nitrogens with zero attached hydrogens (tertiary/aromatic N) is 2. The Balaban J connectivity index is 1.50. The fourth-order valence-electron chi connectivity index (χ4n) is 2.53. The summed E-state index contributed by atoms with van der Waals surface area (Å²) in [4.78, 5) is 20.3. The van der Waals surface area contributed by atoms with E-state index < -0.39 is 10.4 Å². The molecule has 1 amide bonds. The second kappa shape index (κ2) is 8.83. The van der Waals surface area contributed by atoms with E-state index in [0.29, 0.717) is 5.56 Å². The average Bonchev–Trinajstić information content (AvgIpc) is 2.72. The van der Waals surface area contributed by atoms with Crippen LogP contribution >= 0.6 is 0 Å². The molecular weight excluding hydrogens is 376 g/mol. The minimum atomic E-state index is -3.59. The third-order valence-corrected chi connectivity index (χ3v) is 5.55. The third kappa shape index (κ3) is 5.07. The number of nitrogens with one attached hydrogen (secondary N) is 2. The summed E-state index contributed by atoms with van der Waals surface area (Å²) >= 11 is 0. The molecule has 0 fully saturated rings. The summed E-state index contributed by atoms with van der Waals surface area (Å²) in [6.45, 7) is 2.17. The predicted octanol–water partition coefficient (Wildman–Crippen LogP) is 2.38. The van der Waals surface area contributed by atoms with Gasteiger partial charge in [-0.3, -0.25) is 4.79 Å². The maximum Gasteiger partial charge on any atom is 0.251 e. The van der Waals surface area contributed by atoms with Crippen LogP contribution < -0.4 is 10.0 Å². The zero-order chi connectivity index (χ0) is 20.0. The minimum Gasteiger partial charge on any atom is -0.593 e. The average molecular weight is 396 g/mol. The molecule has 0 aliphatic heterocycles. The Morgan fingerprint density at radius 1 is 0.964 bits per heavy atom. The molecule has 1 atom stereocenters. The Labute approximate surface area is 164 Å². The highest BCUT2D eigenvalue weighted by Gasteiger charge is 2.18. The molecule has 28 heavy (non-hydrogen) atoms. The smallest absolute Gasteiger partial charge is 0.251 e. The second-order valence-corrected chi connectivity index (χ2v) is 7.94. The van der Waals surface area contributed by atoms with Crippen LogP contribution in [0, 0.1) is 6.92 Å². The number of benzene rings is 2. The molecule has 0 aliphatic carbocycles. The van der Waals surface area contributed by atoms with Crippen molar-refractivity contribution in [3.05, 3.63) is 78.4 Å². The van der Waals surface area contributed by atoms with Gasteiger partial charge in [0.1, 0.15) is 6.33 Å². The second-order valence-electron chi connectivity index (χ2n) is 6.17. The first-order chi connectivity index (χ1) is 13.5. The van der Waals surface area contributed by atoms with E-state index in [1.54, 1.807) is 48.8 Å². The lowest BCUT2D eigenvalue weighted by Crippen LogP contribution is -2.37. The molecule has 7 nitrogen and oxygen atoms in total. The molecule has 1 heterocycles. The Hall–Kier alpha value is -2.94. The standard InChI is InChI=1S/C20H20N4O3S/c1-15-2-8-19(9-3-15)28(26,27)24-11-10-23-20(25)17-6-4-16(5-7-17)18-12-21-14-22-13-18/h2-9,12-14H,10-11H2,1H3,(H2-,23,24,25,26,27). The van der Waals surface area contributed by atoms with Crippen molar-refractivity contribution >= 4 is 16.3 Å². The van der Waals surface area contributed by atoms with Crippen LogP contribution in [0.5, 0.6) is 0 Å². The summed E-state index contributed by atoms with van der Waals surface area (Å²) < 4.78 is 26.9. The van der Waals surface area contributed by atoms with Gasteiger partial charge in [0, 0.05) is 30.1 Å². The summed E-state index contributed by atoms with van der Waals surface area (Å²) in [7, 11) is -3.59. The number of aryl methyl sites for hydroxylation is 1. The summed E-state index contributed by atoms with van der Waals surface area (Å²) in [5, 5.41) is 2.70. The van der Waals surface area contributed by atoms with Gasteiger partial charge in [0.25, 0.3) is 5.91 Å². The van der Waals surface area contributed by atoms with Crippen LogP contribution in [-0.2, 0) is 14.6 Å². The fraction of sp³-hybridized carbons (Fsp3) is 0.150. The first-order valence-electron chi connectivity index (χ1n) is 8.66. The lowest BCUT2D eigenvalue weighted by Gasteiger charge is -2.15. The van der Waals surface area contributed by atoms with Gasteiger partial charge in [0.15, 0.2) is 15.3 Å². The van der Waals surface area contributed by atoms with Crippen molar-refractivity contribution in [3.63, 3.8) is 0 Å². The Kier molecular flexibility index (Phi) is 6.25. The number of aromatic nitrogens is 2. The highest BCUT2D eigenvalue weighted by Crippen LogP contribution is 2.17. The van der Waals surface area contributed by atoms with Crippen molar-refractivity contribution < 1.29 is 13.6 Å². The summed E-state index contributed by atoms with van der Waals surface area (Å²) in [5.41, 5.74) is 3.24. The summed E-state index contributed by atoms with van der Waals surface area (Å²) in [5.74, 6) is -0.273. The van der Waals surface area contributed by atoms with Gasteiger partial charge < -0.3 is 9.87 Å². The van der Waals surface area contributed by atoms with E-state index >= 15 is 0 Å². The van der Waals surface area contributed by atoms with Gasteiger partial charge in [0.05, 0.1) is 6.54 Å². The summed E-state index contributed by atoms with van der Waals surface area (Å²) in [6.07, 6.45) is 4.85. The Bertz CT molecular complexity index is 977. The number of hydrogen-bond donors (Lipinski definition) is 2. The van der Waals surface area contributed by atoms with Crippen molar-refractivity contribution in [1.82, 2.24) is 20.0 Å². The molecular formula is C20H20N4O3S. The maximum atomic E-state index is 12.2. The topological polar surface area (TPSA) is 107 Å². The van der Waals surface area contributed by atoms with E-state index in [1.807, 2.05) is 19.1 Å². The highest BCUT2D eigenvalue weighted by atomic mass is 32.3. The van der Waals surface area contributed by atoms with Crippen molar-refractivity contribution in [3.8, 4) is 11.1 Å². The first kappa shape index (κ1) is 19.8. The van der Waals surface area contributed by atoms with Crippen molar-refractivity contribution in [2.75, 3.05) is 13.1 Å². The molecule has 0 spiro atoms. The Morgan fingerprint density at radius 2 is 1.61 bits per heavy atom. The van der Waals surface area contributed by atoms with E-state index in [0.717, 1.165) is 16.7 Å². The Morgan fingerprint density at radius 3 is 2.25 bits per heavy atom. The first-order valence-corrected chi connectivity index (χ1v) is 10.1. The van der Waals surface area contributed by atoms with Crippen molar-refractivity contribution in [1.29, 1.82) is 0 Å². The van der Waals surface area contributed by atoms with E-state index in [9.17, 15) is 13.6 Å². The number of rotatable bonds is 7. The molecule has 0 radical (unpaired) electrons. The summed E-state index contributed by atoms with van der Waals surface area (Å²) in [6, 6.07) is 13.6. The van der Waals surface area contributed by atoms with E-state index in [1.165, 1.54) is 6.33 Å². The molecule has 1 aromatic heterocycles. The molecule has 3 aromatic rings. The van der Waals surface area contributed by atoms with Gasteiger partial charge in [-0.15, -0.1) is 4.72 Å². The molecule has 3 rings (SSSR count). The normalized spacial score (nSPS) is 12.9. The van der Waals surface area contributed by atoms with Gasteiger partial charge in [-0.2, -0.15) is 0 Å². The number of amides is 1. The molecule has 144 valence electrons.